The van der Waals surface area contributed by atoms with E-state index in [2.05, 4.69) is 0 Å². The summed E-state index contributed by atoms with van der Waals surface area (Å²) in [4.78, 5) is 25.0. The molecule has 11 heteroatoms. The molecule has 2 aliphatic heterocycles. The monoisotopic (exact) mass is 416 g/mol. The van der Waals surface area contributed by atoms with Gasteiger partial charge in [0.05, 0.1) is 19.8 Å². The quantitative estimate of drug-likeness (QED) is 0.476. The second-order valence-electron chi connectivity index (χ2n) is 6.94. The van der Waals surface area contributed by atoms with Crippen LogP contribution in [0.3, 0.4) is 0 Å². The number of methoxy groups -OCH3 is 1. The van der Waals surface area contributed by atoms with Crippen LogP contribution in [0.2, 0.25) is 0 Å². The second kappa shape index (κ2) is 10.4. The summed E-state index contributed by atoms with van der Waals surface area (Å²) in [5.74, 6) is 0. The zero-order valence-corrected chi connectivity index (χ0v) is 16.3. The van der Waals surface area contributed by atoms with Crippen molar-refractivity contribution in [2.24, 2.45) is 0 Å². The van der Waals surface area contributed by atoms with Crippen LogP contribution in [0.5, 0.6) is 0 Å². The molecule has 29 heavy (non-hydrogen) atoms. The van der Waals surface area contributed by atoms with Crippen molar-refractivity contribution < 1.29 is 33.9 Å². The Labute approximate surface area is 167 Å². The number of hydrogen-bond donors (Lipinski definition) is 2. The fraction of sp³-hybridized carbons (Fsp3) is 0.778. The lowest BCUT2D eigenvalue weighted by Crippen LogP contribution is -2.45. The molecule has 1 unspecified atom stereocenters. The molecule has 0 saturated carbocycles. The Hall–Kier alpha value is -1.60. The third-order valence-corrected chi connectivity index (χ3v) is 4.96. The van der Waals surface area contributed by atoms with Crippen LogP contribution >= 0.6 is 0 Å². The highest BCUT2D eigenvalue weighted by molar-refractivity contribution is 4.95. The van der Waals surface area contributed by atoms with Crippen LogP contribution in [-0.2, 0) is 30.4 Å². The van der Waals surface area contributed by atoms with E-state index in [1.54, 1.807) is 0 Å². The van der Waals surface area contributed by atoms with Gasteiger partial charge in [-0.1, -0.05) is 0 Å². The molecule has 2 fully saturated rings. The summed E-state index contributed by atoms with van der Waals surface area (Å²) in [5.41, 5.74) is -1.21. The Morgan fingerprint density at radius 3 is 2.79 bits per heavy atom. The first-order chi connectivity index (χ1) is 14.1. The van der Waals surface area contributed by atoms with Crippen LogP contribution < -0.4 is 11.2 Å². The van der Waals surface area contributed by atoms with E-state index < -0.39 is 48.7 Å². The predicted molar refractivity (Wildman–Crippen MR) is 98.3 cm³/mol. The van der Waals surface area contributed by atoms with Gasteiger partial charge in [0.1, 0.15) is 25.0 Å². The summed E-state index contributed by atoms with van der Waals surface area (Å²) in [5, 5.41) is 20.1. The summed E-state index contributed by atoms with van der Waals surface area (Å²) < 4.78 is 29.4. The number of aromatic nitrogens is 2. The molecule has 0 bridgehead atoms. The van der Waals surface area contributed by atoms with E-state index in [-0.39, 0.29) is 13.3 Å². The van der Waals surface area contributed by atoms with Crippen molar-refractivity contribution >= 4 is 0 Å². The molecule has 164 valence electrons. The first-order valence-corrected chi connectivity index (χ1v) is 9.67. The van der Waals surface area contributed by atoms with Crippen molar-refractivity contribution in [3.05, 3.63) is 33.1 Å². The Bertz CT molecular complexity index is 758. The maximum atomic E-state index is 12.9. The standard InChI is InChI=1S/C18H28N2O9/c1-25-8-9-26-11-20-13(22)5-6-19(18(20)24)17-16(15(23)12(10-21)28-17)29-14-4-2-3-7-27-14/h5-6,12,14-17,21,23H,2-4,7-11H2,1H3/t12-,14?,15-,16-,17-/m1/s1. The lowest BCUT2D eigenvalue weighted by Gasteiger charge is -2.29. The van der Waals surface area contributed by atoms with Crippen molar-refractivity contribution in [2.75, 3.05) is 33.5 Å². The van der Waals surface area contributed by atoms with E-state index in [9.17, 15) is 19.8 Å². The number of nitrogens with zero attached hydrogens (tertiary/aromatic N) is 2. The Balaban J connectivity index is 1.83. The summed E-state index contributed by atoms with van der Waals surface area (Å²) in [7, 11) is 1.52. The van der Waals surface area contributed by atoms with Gasteiger partial charge in [0, 0.05) is 26.0 Å². The first kappa shape index (κ1) is 22.1. The summed E-state index contributed by atoms with van der Waals surface area (Å²) in [6, 6.07) is 1.21. The van der Waals surface area contributed by atoms with Gasteiger partial charge in [-0.15, -0.1) is 0 Å². The number of rotatable bonds is 9. The Morgan fingerprint density at radius 2 is 2.10 bits per heavy atom. The van der Waals surface area contributed by atoms with Crippen LogP contribution in [-0.4, -0.2) is 77.5 Å². The number of aliphatic hydroxyl groups excluding tert-OH is 2. The molecule has 5 atom stereocenters. The fourth-order valence-corrected chi connectivity index (χ4v) is 3.38. The molecule has 0 radical (unpaired) electrons. The van der Waals surface area contributed by atoms with E-state index in [1.165, 1.54) is 19.4 Å². The number of aliphatic hydroxyl groups is 2. The molecule has 2 N–H and O–H groups in total. The van der Waals surface area contributed by atoms with Crippen molar-refractivity contribution in [3.8, 4) is 0 Å². The highest BCUT2D eigenvalue weighted by atomic mass is 16.7. The van der Waals surface area contributed by atoms with Gasteiger partial charge >= 0.3 is 5.69 Å². The van der Waals surface area contributed by atoms with E-state index in [0.29, 0.717) is 19.6 Å². The van der Waals surface area contributed by atoms with E-state index in [0.717, 1.165) is 22.0 Å². The van der Waals surface area contributed by atoms with E-state index in [1.807, 2.05) is 0 Å². The van der Waals surface area contributed by atoms with Gasteiger partial charge in [0.15, 0.2) is 12.5 Å². The first-order valence-electron chi connectivity index (χ1n) is 9.67. The maximum Gasteiger partial charge on any atom is 0.335 e. The summed E-state index contributed by atoms with van der Waals surface area (Å²) >= 11 is 0. The van der Waals surface area contributed by atoms with Crippen molar-refractivity contribution in [3.63, 3.8) is 0 Å². The zero-order chi connectivity index (χ0) is 20.8. The lowest BCUT2D eigenvalue weighted by molar-refractivity contribution is -0.215. The molecule has 1 aromatic heterocycles. The molecule has 2 aliphatic rings. The number of ether oxygens (including phenoxy) is 5. The molecule has 2 saturated heterocycles. The van der Waals surface area contributed by atoms with Crippen LogP contribution in [0, 0.1) is 0 Å². The van der Waals surface area contributed by atoms with Crippen molar-refractivity contribution in [2.45, 2.75) is 56.8 Å². The van der Waals surface area contributed by atoms with Gasteiger partial charge in [-0.2, -0.15) is 0 Å². The van der Waals surface area contributed by atoms with Gasteiger partial charge in [-0.3, -0.25) is 9.36 Å². The minimum Gasteiger partial charge on any atom is -0.394 e. The van der Waals surface area contributed by atoms with E-state index >= 15 is 0 Å². The molecule has 0 aliphatic carbocycles. The third kappa shape index (κ3) is 5.12. The van der Waals surface area contributed by atoms with Gasteiger partial charge in [-0.05, 0) is 19.3 Å². The topological polar surface area (TPSA) is 131 Å². The van der Waals surface area contributed by atoms with Gasteiger partial charge in [0.25, 0.3) is 5.56 Å². The average molecular weight is 416 g/mol. The number of hydrogen-bond acceptors (Lipinski definition) is 9. The molecule has 11 nitrogen and oxygen atoms in total. The molecule has 3 rings (SSSR count). The Kier molecular flexibility index (Phi) is 7.95. The molecule has 3 heterocycles. The highest BCUT2D eigenvalue weighted by Crippen LogP contribution is 2.32. The molecule has 0 amide bonds. The fourth-order valence-electron chi connectivity index (χ4n) is 3.38. The molecular formula is C18H28N2O9. The minimum absolute atomic E-state index is 0.216. The van der Waals surface area contributed by atoms with Gasteiger partial charge in [-0.25, -0.2) is 9.36 Å². The van der Waals surface area contributed by atoms with E-state index in [4.69, 9.17) is 23.7 Å². The average Bonchev–Trinajstić information content (AvgIpc) is 3.03. The predicted octanol–water partition coefficient (Wildman–Crippen LogP) is -1.21. The second-order valence-corrected chi connectivity index (χ2v) is 6.94. The molecular weight excluding hydrogens is 388 g/mol. The van der Waals surface area contributed by atoms with Crippen molar-refractivity contribution in [1.82, 2.24) is 9.13 Å². The summed E-state index contributed by atoms with van der Waals surface area (Å²) in [6.07, 6.45) is -0.830. The Morgan fingerprint density at radius 1 is 1.28 bits per heavy atom. The molecule has 0 spiro atoms. The SMILES string of the molecule is COCCOCn1c(=O)ccn([C@@H]2O[C@H](CO)[C@@H](O)[C@H]2OC2CCCCO2)c1=O. The van der Waals surface area contributed by atoms with Crippen LogP contribution in [0.25, 0.3) is 0 Å². The maximum absolute atomic E-state index is 12.9. The zero-order valence-electron chi connectivity index (χ0n) is 16.3. The largest absolute Gasteiger partial charge is 0.394 e. The minimum atomic E-state index is -1.17. The molecule has 1 aromatic rings. The highest BCUT2D eigenvalue weighted by Gasteiger charge is 2.47. The van der Waals surface area contributed by atoms with Crippen LogP contribution in [0.4, 0.5) is 0 Å². The summed E-state index contributed by atoms with van der Waals surface area (Å²) in [6.45, 7) is 0.387. The van der Waals surface area contributed by atoms with Crippen molar-refractivity contribution in [1.29, 1.82) is 0 Å². The lowest BCUT2D eigenvalue weighted by atomic mass is 10.1. The van der Waals surface area contributed by atoms with Gasteiger partial charge in [0.2, 0.25) is 0 Å². The normalized spacial score (nSPS) is 30.0. The smallest absolute Gasteiger partial charge is 0.335 e. The third-order valence-electron chi connectivity index (χ3n) is 4.96. The molecule has 0 aromatic carbocycles. The van der Waals surface area contributed by atoms with Crippen LogP contribution in [0.1, 0.15) is 25.5 Å². The van der Waals surface area contributed by atoms with Gasteiger partial charge < -0.3 is 33.9 Å². The van der Waals surface area contributed by atoms with Crippen LogP contribution in [0.15, 0.2) is 21.9 Å².